The number of nitrogens with one attached hydrogen (secondary N) is 1. The van der Waals surface area contributed by atoms with Crippen LogP contribution in [0.15, 0.2) is 10.9 Å². The summed E-state index contributed by atoms with van der Waals surface area (Å²) < 4.78 is 4.89. The van der Waals surface area contributed by atoms with E-state index in [9.17, 15) is 0 Å². The zero-order chi connectivity index (χ0) is 8.23. The molecule has 12 heavy (non-hydrogen) atoms. The smallest absolute Gasteiger partial charge is 0.241 e. The van der Waals surface area contributed by atoms with Crippen molar-refractivity contribution in [3.8, 4) is 0 Å². The molecule has 1 aromatic rings. The Morgan fingerprint density at radius 3 is 3.25 bits per heavy atom. The zero-order valence-electron chi connectivity index (χ0n) is 6.86. The van der Waals surface area contributed by atoms with E-state index in [1.165, 1.54) is 19.2 Å². The lowest BCUT2D eigenvalue weighted by atomic mass is 10.3. The maximum Gasteiger partial charge on any atom is 0.241 e. The Bertz CT molecular complexity index is 217. The molecular formula is C7H12N4O. The summed E-state index contributed by atoms with van der Waals surface area (Å²) in [6.45, 7) is 2.82. The van der Waals surface area contributed by atoms with E-state index in [0.717, 1.165) is 13.1 Å². The Balaban J connectivity index is 1.86. The molecule has 0 aromatic carbocycles. The standard InChI is InChI=1S/C7H12N4O/c1-2-4-11(9-3-1)5-7-8-6-10-12-7/h6,9H,1-5H2. The van der Waals surface area contributed by atoms with Crippen molar-refractivity contribution in [3.05, 3.63) is 12.2 Å². The zero-order valence-corrected chi connectivity index (χ0v) is 6.86. The molecule has 2 rings (SSSR count). The van der Waals surface area contributed by atoms with Gasteiger partial charge in [0.15, 0.2) is 6.33 Å². The fourth-order valence-electron chi connectivity index (χ4n) is 1.31. The van der Waals surface area contributed by atoms with Crippen LogP contribution in [0.2, 0.25) is 0 Å². The van der Waals surface area contributed by atoms with Crippen molar-refractivity contribution >= 4 is 0 Å². The molecule has 66 valence electrons. The molecule has 0 radical (unpaired) electrons. The average Bonchev–Trinajstić information content (AvgIpc) is 2.59. The third kappa shape index (κ3) is 1.80. The second-order valence-corrected chi connectivity index (χ2v) is 2.87. The van der Waals surface area contributed by atoms with E-state index in [1.54, 1.807) is 0 Å². The Morgan fingerprint density at radius 1 is 1.58 bits per heavy atom. The lowest BCUT2D eigenvalue weighted by Gasteiger charge is -2.25. The van der Waals surface area contributed by atoms with E-state index in [2.05, 4.69) is 20.6 Å². The molecule has 5 nitrogen and oxygen atoms in total. The minimum absolute atomic E-state index is 0.671. The number of hydrogen-bond acceptors (Lipinski definition) is 5. The van der Waals surface area contributed by atoms with E-state index >= 15 is 0 Å². The minimum Gasteiger partial charge on any atom is -0.338 e. The molecule has 1 aromatic heterocycles. The fourth-order valence-corrected chi connectivity index (χ4v) is 1.31. The molecular weight excluding hydrogens is 156 g/mol. The Hall–Kier alpha value is -0.940. The molecule has 1 aliphatic heterocycles. The summed E-state index contributed by atoms with van der Waals surface area (Å²) in [6, 6.07) is 0. The Kier molecular flexibility index (Phi) is 2.33. The second-order valence-electron chi connectivity index (χ2n) is 2.87. The first-order valence-corrected chi connectivity index (χ1v) is 4.19. The summed E-state index contributed by atoms with van der Waals surface area (Å²) in [7, 11) is 0. The van der Waals surface area contributed by atoms with Crippen molar-refractivity contribution < 1.29 is 4.52 Å². The van der Waals surface area contributed by atoms with Crippen LogP contribution in [0.4, 0.5) is 0 Å². The Labute approximate surface area is 70.7 Å². The van der Waals surface area contributed by atoms with Crippen LogP contribution in [0.1, 0.15) is 18.7 Å². The van der Waals surface area contributed by atoms with Gasteiger partial charge in [-0.3, -0.25) is 5.43 Å². The number of hydrogen-bond donors (Lipinski definition) is 1. The molecule has 2 heterocycles. The average molecular weight is 168 g/mol. The third-order valence-electron chi connectivity index (χ3n) is 1.92. The van der Waals surface area contributed by atoms with Crippen molar-refractivity contribution in [2.24, 2.45) is 0 Å². The van der Waals surface area contributed by atoms with E-state index in [-0.39, 0.29) is 0 Å². The van der Waals surface area contributed by atoms with Crippen LogP contribution in [0.5, 0.6) is 0 Å². The number of aromatic nitrogens is 2. The molecule has 0 aliphatic carbocycles. The highest BCUT2D eigenvalue weighted by Crippen LogP contribution is 2.03. The van der Waals surface area contributed by atoms with Crippen LogP contribution in [0, 0.1) is 0 Å². The van der Waals surface area contributed by atoms with Gasteiger partial charge in [-0.05, 0) is 12.8 Å². The van der Waals surface area contributed by atoms with Gasteiger partial charge in [0.25, 0.3) is 0 Å². The molecule has 1 fully saturated rings. The molecule has 0 amide bonds. The first-order valence-electron chi connectivity index (χ1n) is 4.19. The van der Waals surface area contributed by atoms with Gasteiger partial charge in [-0.15, -0.1) is 0 Å². The van der Waals surface area contributed by atoms with Crippen molar-refractivity contribution in [1.29, 1.82) is 0 Å². The maximum atomic E-state index is 4.89. The highest BCUT2D eigenvalue weighted by Gasteiger charge is 2.11. The molecule has 0 unspecified atom stereocenters. The molecule has 1 N–H and O–H groups in total. The van der Waals surface area contributed by atoms with E-state index in [4.69, 9.17) is 4.52 Å². The summed E-state index contributed by atoms with van der Waals surface area (Å²) in [6.07, 6.45) is 3.92. The summed E-state index contributed by atoms with van der Waals surface area (Å²) >= 11 is 0. The van der Waals surface area contributed by atoms with E-state index in [1.807, 2.05) is 0 Å². The van der Waals surface area contributed by atoms with Crippen LogP contribution in [-0.2, 0) is 6.54 Å². The van der Waals surface area contributed by atoms with Crippen molar-refractivity contribution in [3.63, 3.8) is 0 Å². The largest absolute Gasteiger partial charge is 0.338 e. The predicted octanol–water partition coefficient (Wildman–Crippen LogP) is 0.170. The van der Waals surface area contributed by atoms with Gasteiger partial charge >= 0.3 is 0 Å². The fraction of sp³-hybridized carbons (Fsp3) is 0.714. The third-order valence-corrected chi connectivity index (χ3v) is 1.92. The molecule has 1 aliphatic rings. The minimum atomic E-state index is 0.671. The van der Waals surface area contributed by atoms with Gasteiger partial charge in [0.1, 0.15) is 0 Å². The first-order chi connectivity index (χ1) is 5.95. The lowest BCUT2D eigenvalue weighted by molar-refractivity contribution is 0.126. The highest BCUT2D eigenvalue weighted by atomic mass is 16.5. The summed E-state index contributed by atoms with van der Waals surface area (Å²) in [5, 5.41) is 5.66. The van der Waals surface area contributed by atoms with Gasteiger partial charge in [-0.25, -0.2) is 5.01 Å². The van der Waals surface area contributed by atoms with E-state index < -0.39 is 0 Å². The van der Waals surface area contributed by atoms with Crippen LogP contribution in [-0.4, -0.2) is 28.2 Å². The van der Waals surface area contributed by atoms with Crippen molar-refractivity contribution in [1.82, 2.24) is 20.6 Å². The second kappa shape index (κ2) is 3.64. The summed E-state index contributed by atoms with van der Waals surface area (Å²) in [4.78, 5) is 3.95. The quantitative estimate of drug-likeness (QED) is 0.682. The topological polar surface area (TPSA) is 54.2 Å². The molecule has 0 atom stereocenters. The van der Waals surface area contributed by atoms with Crippen LogP contribution >= 0.6 is 0 Å². The van der Waals surface area contributed by atoms with Crippen molar-refractivity contribution in [2.45, 2.75) is 19.4 Å². The van der Waals surface area contributed by atoms with Crippen LogP contribution in [0.25, 0.3) is 0 Å². The molecule has 5 heteroatoms. The summed E-state index contributed by atoms with van der Waals surface area (Å²) in [5.41, 5.74) is 3.26. The van der Waals surface area contributed by atoms with Gasteiger partial charge in [-0.1, -0.05) is 5.16 Å². The number of nitrogens with zero attached hydrogens (tertiary/aromatic N) is 3. The number of rotatable bonds is 2. The Morgan fingerprint density at radius 2 is 2.58 bits per heavy atom. The van der Waals surface area contributed by atoms with Gasteiger partial charge in [0, 0.05) is 13.1 Å². The summed E-state index contributed by atoms with van der Waals surface area (Å²) in [5.74, 6) is 0.671. The van der Waals surface area contributed by atoms with E-state index in [0.29, 0.717) is 12.4 Å². The lowest BCUT2D eigenvalue weighted by Crippen LogP contribution is -2.42. The van der Waals surface area contributed by atoms with Gasteiger partial charge in [0.2, 0.25) is 5.89 Å². The number of hydrazine groups is 1. The van der Waals surface area contributed by atoms with Gasteiger partial charge < -0.3 is 4.52 Å². The first kappa shape index (κ1) is 7.70. The van der Waals surface area contributed by atoms with Crippen LogP contribution < -0.4 is 5.43 Å². The molecule has 0 bridgehead atoms. The van der Waals surface area contributed by atoms with Crippen LogP contribution in [0.3, 0.4) is 0 Å². The SMILES string of the molecule is c1noc(CN2CCCCN2)n1. The van der Waals surface area contributed by atoms with Gasteiger partial charge in [-0.2, -0.15) is 4.98 Å². The maximum absolute atomic E-state index is 4.89. The highest BCUT2D eigenvalue weighted by molar-refractivity contribution is 4.74. The molecule has 1 saturated heterocycles. The van der Waals surface area contributed by atoms with Crippen molar-refractivity contribution in [2.75, 3.05) is 13.1 Å². The normalized spacial score (nSPS) is 19.7. The van der Waals surface area contributed by atoms with Gasteiger partial charge in [0.05, 0.1) is 6.54 Å². The predicted molar refractivity (Wildman–Crippen MR) is 41.9 cm³/mol. The molecule has 0 saturated carbocycles. The molecule has 0 spiro atoms. The monoisotopic (exact) mass is 168 g/mol.